The van der Waals surface area contributed by atoms with Gasteiger partial charge in [-0.1, -0.05) is 12.1 Å². The van der Waals surface area contributed by atoms with Crippen molar-refractivity contribution in [3.8, 4) is 0 Å². The molecule has 0 bridgehead atoms. The number of nitrogens with zero attached hydrogens (tertiary/aromatic N) is 1. The molecule has 0 aliphatic heterocycles. The van der Waals surface area contributed by atoms with Crippen LogP contribution in [0, 0.1) is 29.4 Å². The maximum atomic E-state index is 13.8. The van der Waals surface area contributed by atoms with E-state index in [1.165, 1.54) is 17.0 Å². The van der Waals surface area contributed by atoms with Gasteiger partial charge in [-0.15, -0.1) is 0 Å². The minimum atomic E-state index is -1.02. The van der Waals surface area contributed by atoms with Gasteiger partial charge in [-0.2, -0.15) is 0 Å². The van der Waals surface area contributed by atoms with Crippen molar-refractivity contribution in [2.75, 3.05) is 6.54 Å². The average molecular weight is 323 g/mol. The fourth-order valence-corrected chi connectivity index (χ4v) is 3.15. The first-order valence-electron chi connectivity index (χ1n) is 7.91. The van der Waals surface area contributed by atoms with Gasteiger partial charge in [-0.05, 0) is 37.2 Å². The lowest BCUT2D eigenvalue weighted by atomic mass is 10.1. The maximum Gasteiger partial charge on any atom is 0.305 e. The molecule has 2 atom stereocenters. The Labute approximate surface area is 133 Å². The molecule has 2 aliphatic carbocycles. The second-order valence-corrected chi connectivity index (χ2v) is 6.46. The van der Waals surface area contributed by atoms with Crippen LogP contribution in [0.25, 0.3) is 0 Å². The molecule has 3 rings (SSSR count). The number of rotatable bonds is 7. The van der Waals surface area contributed by atoms with Crippen molar-refractivity contribution >= 4 is 11.9 Å². The van der Waals surface area contributed by atoms with Gasteiger partial charge in [0, 0.05) is 24.6 Å². The fourth-order valence-electron chi connectivity index (χ4n) is 3.15. The van der Waals surface area contributed by atoms with Crippen molar-refractivity contribution < 1.29 is 23.5 Å². The van der Waals surface area contributed by atoms with Crippen LogP contribution in [-0.4, -0.2) is 28.4 Å². The van der Waals surface area contributed by atoms with Crippen LogP contribution in [0.5, 0.6) is 0 Å². The van der Waals surface area contributed by atoms with Crippen LogP contribution >= 0.6 is 0 Å². The van der Waals surface area contributed by atoms with Crippen LogP contribution in [0.2, 0.25) is 0 Å². The van der Waals surface area contributed by atoms with Gasteiger partial charge in [0.2, 0.25) is 5.91 Å². The summed E-state index contributed by atoms with van der Waals surface area (Å²) >= 11 is 0. The topological polar surface area (TPSA) is 57.6 Å². The number of carboxylic acid groups (broad SMARTS) is 1. The Kier molecular flexibility index (Phi) is 4.33. The SMILES string of the molecule is O=C(O)CCN(Cc1cccc(F)c1F)C(=O)[C@H]1C[C@@H]1C1CC1. The molecule has 4 nitrogen and oxygen atoms in total. The standard InChI is InChI=1S/C17H19F2NO3/c18-14-3-1-2-11(16(14)19)9-20(7-6-15(21)22)17(23)13-8-12(13)10-4-5-10/h1-3,10,12-13H,4-9H2,(H,21,22)/t12-,13+/m1/s1. The van der Waals surface area contributed by atoms with Crippen LogP contribution < -0.4 is 0 Å². The van der Waals surface area contributed by atoms with E-state index < -0.39 is 17.6 Å². The Balaban J connectivity index is 1.71. The van der Waals surface area contributed by atoms with E-state index in [4.69, 9.17) is 5.11 Å². The normalized spacial score (nSPS) is 22.7. The molecule has 1 amide bonds. The zero-order valence-corrected chi connectivity index (χ0v) is 12.7. The smallest absolute Gasteiger partial charge is 0.305 e. The third-order valence-corrected chi connectivity index (χ3v) is 4.68. The van der Waals surface area contributed by atoms with Crippen molar-refractivity contribution in [1.82, 2.24) is 4.90 Å². The van der Waals surface area contributed by atoms with E-state index >= 15 is 0 Å². The van der Waals surface area contributed by atoms with Crippen LogP contribution in [0.1, 0.15) is 31.2 Å². The Morgan fingerprint density at radius 2 is 2.00 bits per heavy atom. The fraction of sp³-hybridized carbons (Fsp3) is 0.529. The number of halogens is 2. The monoisotopic (exact) mass is 323 g/mol. The van der Waals surface area contributed by atoms with E-state index in [-0.39, 0.29) is 36.9 Å². The molecule has 0 saturated heterocycles. The number of carbonyl (C=O) groups is 2. The van der Waals surface area contributed by atoms with Crippen molar-refractivity contribution in [1.29, 1.82) is 0 Å². The summed E-state index contributed by atoms with van der Waals surface area (Å²) in [5, 5.41) is 8.84. The molecule has 1 N–H and O–H groups in total. The Hall–Kier alpha value is -1.98. The summed E-state index contributed by atoms with van der Waals surface area (Å²) in [6.45, 7) is -0.0817. The lowest BCUT2D eigenvalue weighted by Gasteiger charge is -2.23. The number of benzene rings is 1. The quantitative estimate of drug-likeness (QED) is 0.839. The molecule has 2 fully saturated rings. The minimum absolute atomic E-state index is 0.0119. The molecular weight excluding hydrogens is 304 g/mol. The summed E-state index contributed by atoms with van der Waals surface area (Å²) in [6, 6.07) is 3.83. The van der Waals surface area contributed by atoms with Gasteiger partial charge >= 0.3 is 5.97 Å². The molecule has 0 spiro atoms. The molecule has 2 aliphatic rings. The van der Waals surface area contributed by atoms with E-state index in [2.05, 4.69) is 0 Å². The van der Waals surface area contributed by atoms with Crippen LogP contribution in [0.15, 0.2) is 18.2 Å². The lowest BCUT2D eigenvalue weighted by molar-refractivity contribution is -0.139. The molecule has 0 radical (unpaired) electrons. The van der Waals surface area contributed by atoms with Gasteiger partial charge in [0.05, 0.1) is 6.42 Å². The summed E-state index contributed by atoms with van der Waals surface area (Å²) in [7, 11) is 0. The van der Waals surface area contributed by atoms with Gasteiger partial charge < -0.3 is 10.0 Å². The van der Waals surface area contributed by atoms with Gasteiger partial charge in [0.1, 0.15) is 0 Å². The van der Waals surface area contributed by atoms with Crippen LogP contribution in [0.3, 0.4) is 0 Å². The second-order valence-electron chi connectivity index (χ2n) is 6.46. The first kappa shape index (κ1) is 15.9. The summed E-state index contributed by atoms with van der Waals surface area (Å²) in [4.78, 5) is 24.7. The highest BCUT2D eigenvalue weighted by Crippen LogP contribution is 2.55. The van der Waals surface area contributed by atoms with Crippen molar-refractivity contribution in [3.63, 3.8) is 0 Å². The molecule has 6 heteroatoms. The van der Waals surface area contributed by atoms with Gasteiger partial charge in [-0.25, -0.2) is 8.78 Å². The van der Waals surface area contributed by atoms with Crippen molar-refractivity contribution in [2.24, 2.45) is 17.8 Å². The molecule has 124 valence electrons. The van der Waals surface area contributed by atoms with Crippen LogP contribution in [0.4, 0.5) is 8.78 Å². The number of hydrogen-bond acceptors (Lipinski definition) is 2. The first-order chi connectivity index (χ1) is 11.0. The molecule has 2 saturated carbocycles. The number of amides is 1. The zero-order valence-electron chi connectivity index (χ0n) is 12.7. The largest absolute Gasteiger partial charge is 0.481 e. The third-order valence-electron chi connectivity index (χ3n) is 4.68. The van der Waals surface area contributed by atoms with Gasteiger partial charge in [-0.3, -0.25) is 9.59 Å². The molecular formula is C17H19F2NO3. The molecule has 0 heterocycles. The van der Waals surface area contributed by atoms with E-state index in [9.17, 15) is 18.4 Å². The Bertz CT molecular complexity index is 630. The summed E-state index contributed by atoms with van der Waals surface area (Å²) in [5.74, 6) is -2.15. The summed E-state index contributed by atoms with van der Waals surface area (Å²) < 4.78 is 27.1. The summed E-state index contributed by atoms with van der Waals surface area (Å²) in [5.41, 5.74) is 0.0763. The molecule has 1 aromatic rings. The van der Waals surface area contributed by atoms with E-state index in [1.807, 2.05) is 0 Å². The molecule has 23 heavy (non-hydrogen) atoms. The van der Waals surface area contributed by atoms with E-state index in [1.54, 1.807) is 0 Å². The number of carbonyl (C=O) groups excluding carboxylic acids is 1. The van der Waals surface area contributed by atoms with Crippen molar-refractivity contribution in [2.45, 2.75) is 32.2 Å². The highest BCUT2D eigenvalue weighted by Gasteiger charge is 2.52. The molecule has 0 unspecified atom stereocenters. The number of hydrogen-bond donors (Lipinski definition) is 1. The first-order valence-corrected chi connectivity index (χ1v) is 7.91. The second kappa shape index (κ2) is 6.26. The third kappa shape index (κ3) is 3.68. The Morgan fingerprint density at radius 1 is 1.26 bits per heavy atom. The number of aliphatic carboxylic acids is 1. The maximum absolute atomic E-state index is 13.8. The molecule has 0 aromatic heterocycles. The number of carboxylic acids is 1. The highest BCUT2D eigenvalue weighted by atomic mass is 19.2. The van der Waals surface area contributed by atoms with E-state index in [0.29, 0.717) is 11.8 Å². The average Bonchev–Trinajstić information content (AvgIpc) is 3.37. The van der Waals surface area contributed by atoms with Crippen LogP contribution in [-0.2, 0) is 16.1 Å². The van der Waals surface area contributed by atoms with Gasteiger partial charge in [0.25, 0.3) is 0 Å². The lowest BCUT2D eigenvalue weighted by Crippen LogP contribution is -2.34. The predicted octanol–water partition coefficient (Wildman–Crippen LogP) is 2.81. The summed E-state index contributed by atoms with van der Waals surface area (Å²) in [6.07, 6.45) is 2.94. The Morgan fingerprint density at radius 3 is 2.65 bits per heavy atom. The van der Waals surface area contributed by atoms with E-state index in [0.717, 1.165) is 25.3 Å². The zero-order chi connectivity index (χ0) is 16.6. The predicted molar refractivity (Wildman–Crippen MR) is 78.3 cm³/mol. The molecule has 1 aromatic carbocycles. The highest BCUT2D eigenvalue weighted by molar-refractivity contribution is 5.82. The van der Waals surface area contributed by atoms with Crippen molar-refractivity contribution in [3.05, 3.63) is 35.4 Å². The minimum Gasteiger partial charge on any atom is -0.481 e. The van der Waals surface area contributed by atoms with Gasteiger partial charge in [0.15, 0.2) is 11.6 Å².